The van der Waals surface area contributed by atoms with E-state index in [1.165, 1.54) is 13.2 Å². The highest BCUT2D eigenvalue weighted by Crippen LogP contribution is 2.41. The first-order valence-corrected chi connectivity index (χ1v) is 7.90. The number of methoxy groups -OCH3 is 1. The van der Waals surface area contributed by atoms with Gasteiger partial charge < -0.3 is 14.1 Å². The molecule has 0 fully saturated rings. The number of nitrogens with two attached hydrogens (primary N) is 1. The van der Waals surface area contributed by atoms with Crippen LogP contribution in [0.1, 0.15) is 22.6 Å². The third-order valence-corrected chi connectivity index (χ3v) is 4.42. The van der Waals surface area contributed by atoms with Crippen LogP contribution >= 0.6 is 0 Å². The number of fused-ring (bicyclic) bond motifs is 2. The zero-order valence-corrected chi connectivity index (χ0v) is 14.1. The predicted molar refractivity (Wildman–Crippen MR) is 94.4 cm³/mol. The topological polar surface area (TPSA) is 101 Å². The molecule has 1 atom stereocenters. The number of hydrogen-bond donors (Lipinski definition) is 2. The predicted octanol–water partition coefficient (Wildman–Crippen LogP) is 3.63. The Bertz CT molecular complexity index is 1180. The van der Waals surface area contributed by atoms with Crippen molar-refractivity contribution in [2.45, 2.75) is 12.7 Å². The smallest absolute Gasteiger partial charge is 0.265 e. The molecule has 0 spiro atoms. The highest BCUT2D eigenvalue weighted by molar-refractivity contribution is 5.89. The molecule has 3 N–H and O–H groups in total. The molecule has 0 radical (unpaired) electrons. The van der Waals surface area contributed by atoms with Gasteiger partial charge in [-0.2, -0.15) is 5.26 Å². The second kappa shape index (κ2) is 5.58. The molecule has 0 saturated heterocycles. The Morgan fingerprint density at radius 2 is 2.15 bits per heavy atom. The maximum atomic E-state index is 15.8. The van der Waals surface area contributed by atoms with E-state index in [-0.39, 0.29) is 11.5 Å². The molecular formula is C19H15FN4O2. The largest absolute Gasteiger partial charge is 0.496 e. The first-order chi connectivity index (χ1) is 12.5. The van der Waals surface area contributed by atoms with E-state index in [2.05, 4.69) is 9.97 Å². The summed E-state index contributed by atoms with van der Waals surface area (Å²) >= 11 is 0. The number of H-pyrrole nitrogens is 1. The number of nitrogens with one attached hydrogen (secondary N) is 1. The Kier molecular flexibility index (Phi) is 3.46. The Morgan fingerprint density at radius 1 is 1.35 bits per heavy atom. The molecule has 0 saturated carbocycles. The average molecular weight is 350 g/mol. The second-order valence-corrected chi connectivity index (χ2v) is 6.06. The van der Waals surface area contributed by atoms with Crippen LogP contribution in [0.25, 0.3) is 22.0 Å². The fourth-order valence-corrected chi connectivity index (χ4v) is 3.17. The van der Waals surface area contributed by atoms with Crippen LogP contribution in [-0.4, -0.2) is 17.1 Å². The normalized spacial score (nSPS) is 13.7. The number of halogens is 1. The average Bonchev–Trinajstić information content (AvgIpc) is 3.27. The van der Waals surface area contributed by atoms with E-state index < -0.39 is 5.79 Å². The van der Waals surface area contributed by atoms with Gasteiger partial charge in [-0.25, -0.2) is 9.37 Å². The van der Waals surface area contributed by atoms with Crippen molar-refractivity contribution < 1.29 is 13.5 Å². The van der Waals surface area contributed by atoms with Gasteiger partial charge in [0.25, 0.3) is 11.7 Å². The van der Waals surface area contributed by atoms with Crippen molar-refractivity contribution in [2.24, 2.45) is 5.73 Å². The minimum absolute atomic E-state index is 0.133. The van der Waals surface area contributed by atoms with Gasteiger partial charge in [-0.15, -0.1) is 0 Å². The number of ether oxygens (including phenoxy) is 1. The van der Waals surface area contributed by atoms with Crippen LogP contribution in [0.5, 0.6) is 5.75 Å². The van der Waals surface area contributed by atoms with Crippen molar-refractivity contribution in [3.63, 3.8) is 0 Å². The van der Waals surface area contributed by atoms with E-state index in [1.807, 2.05) is 13.0 Å². The van der Waals surface area contributed by atoms with Crippen molar-refractivity contribution in [1.82, 2.24) is 9.97 Å². The number of nitrogens with zero attached hydrogens (tertiary/aromatic N) is 2. The quantitative estimate of drug-likeness (QED) is 0.550. The van der Waals surface area contributed by atoms with Gasteiger partial charge in [0.1, 0.15) is 11.3 Å². The van der Waals surface area contributed by atoms with Crippen LogP contribution in [-0.2, 0) is 5.79 Å². The van der Waals surface area contributed by atoms with E-state index in [9.17, 15) is 0 Å². The minimum Gasteiger partial charge on any atom is -0.496 e. The highest BCUT2D eigenvalue weighted by atomic mass is 19.1. The molecule has 0 aliphatic rings. The molecule has 4 aromatic rings. The summed E-state index contributed by atoms with van der Waals surface area (Å²) in [5.41, 5.74) is 8.97. The van der Waals surface area contributed by atoms with Crippen LogP contribution in [0.15, 0.2) is 40.9 Å². The molecule has 7 heteroatoms. The van der Waals surface area contributed by atoms with Crippen LogP contribution < -0.4 is 10.5 Å². The monoisotopic (exact) mass is 350 g/mol. The molecule has 0 aliphatic carbocycles. The summed E-state index contributed by atoms with van der Waals surface area (Å²) in [5.74, 6) is -2.52. The second-order valence-electron chi connectivity index (χ2n) is 6.06. The number of aryl methyl sites for hydroxylation is 1. The van der Waals surface area contributed by atoms with Gasteiger partial charge in [-0.3, -0.25) is 5.73 Å². The minimum atomic E-state index is -2.52. The number of oxazole rings is 1. The summed E-state index contributed by atoms with van der Waals surface area (Å²) in [4.78, 5) is 7.25. The summed E-state index contributed by atoms with van der Waals surface area (Å²) < 4.78 is 26.8. The molecule has 6 nitrogen and oxygen atoms in total. The lowest BCUT2D eigenvalue weighted by molar-refractivity contribution is 0.180. The van der Waals surface area contributed by atoms with Crippen LogP contribution in [0.3, 0.4) is 0 Å². The molecule has 0 aliphatic heterocycles. The van der Waals surface area contributed by atoms with Crippen molar-refractivity contribution in [1.29, 1.82) is 5.26 Å². The third kappa shape index (κ3) is 2.24. The third-order valence-electron chi connectivity index (χ3n) is 4.42. The van der Waals surface area contributed by atoms with Crippen LogP contribution in [0, 0.1) is 18.3 Å². The molecule has 2 heterocycles. The molecular weight excluding hydrogens is 335 g/mol. The van der Waals surface area contributed by atoms with Gasteiger partial charge in [-0.1, -0.05) is 0 Å². The number of aromatic amines is 1. The Labute approximate surface area is 148 Å². The molecule has 2 aromatic carbocycles. The molecule has 0 bridgehead atoms. The van der Waals surface area contributed by atoms with E-state index in [0.717, 1.165) is 11.1 Å². The standard InChI is InChI=1S/C19H15FN4O2/c1-10-7-15(25-2)16(12-5-6-23-17(10)12)19(20,22)18-24-13-8-11(9-21)3-4-14(13)26-18/h3-8,23H,22H2,1-2H3. The number of hydrogen-bond acceptors (Lipinski definition) is 5. The fraction of sp³-hybridized carbons (Fsp3) is 0.158. The summed E-state index contributed by atoms with van der Waals surface area (Å²) in [5, 5.41) is 9.59. The lowest BCUT2D eigenvalue weighted by Crippen LogP contribution is -2.34. The number of benzene rings is 2. The summed E-state index contributed by atoms with van der Waals surface area (Å²) in [6, 6.07) is 10.1. The molecule has 4 rings (SSSR count). The SMILES string of the molecule is COc1cc(C)c2[nH]ccc2c1C(N)(F)c1nc2cc(C#N)ccc2o1. The molecule has 130 valence electrons. The van der Waals surface area contributed by atoms with Crippen molar-refractivity contribution in [3.05, 3.63) is 59.1 Å². The maximum Gasteiger partial charge on any atom is 0.265 e. The number of aromatic nitrogens is 2. The van der Waals surface area contributed by atoms with Crippen molar-refractivity contribution >= 4 is 22.0 Å². The lowest BCUT2D eigenvalue weighted by Gasteiger charge is -2.21. The Morgan fingerprint density at radius 3 is 2.88 bits per heavy atom. The summed E-state index contributed by atoms with van der Waals surface area (Å²) in [6.07, 6.45) is 1.71. The lowest BCUT2D eigenvalue weighted by atomic mass is 9.97. The molecule has 2 aromatic heterocycles. The van der Waals surface area contributed by atoms with Gasteiger partial charge in [0.15, 0.2) is 5.58 Å². The van der Waals surface area contributed by atoms with E-state index >= 15 is 4.39 Å². The van der Waals surface area contributed by atoms with Gasteiger partial charge in [0.2, 0.25) is 0 Å². The molecule has 26 heavy (non-hydrogen) atoms. The Balaban J connectivity index is 1.97. The summed E-state index contributed by atoms with van der Waals surface area (Å²) in [7, 11) is 1.46. The van der Waals surface area contributed by atoms with Gasteiger partial charge in [0, 0.05) is 17.1 Å². The number of nitriles is 1. The van der Waals surface area contributed by atoms with Gasteiger partial charge in [-0.05, 0) is 42.8 Å². The fourth-order valence-electron chi connectivity index (χ4n) is 3.17. The van der Waals surface area contributed by atoms with Crippen LogP contribution in [0.2, 0.25) is 0 Å². The van der Waals surface area contributed by atoms with Crippen molar-refractivity contribution in [2.75, 3.05) is 7.11 Å². The van der Waals surface area contributed by atoms with Gasteiger partial charge >= 0.3 is 0 Å². The first-order valence-electron chi connectivity index (χ1n) is 7.90. The zero-order chi connectivity index (χ0) is 18.5. The number of rotatable bonds is 3. The highest BCUT2D eigenvalue weighted by Gasteiger charge is 2.40. The zero-order valence-electron chi connectivity index (χ0n) is 14.1. The van der Waals surface area contributed by atoms with Crippen LogP contribution in [0.4, 0.5) is 4.39 Å². The van der Waals surface area contributed by atoms with Gasteiger partial charge in [0.05, 0.1) is 24.3 Å². The Hall–Kier alpha value is -3.37. The maximum absolute atomic E-state index is 15.8. The van der Waals surface area contributed by atoms with Crippen molar-refractivity contribution in [3.8, 4) is 11.8 Å². The number of alkyl halides is 1. The summed E-state index contributed by atoms with van der Waals surface area (Å²) in [6.45, 7) is 1.89. The van der Waals surface area contributed by atoms with E-state index in [4.69, 9.17) is 20.1 Å². The molecule has 1 unspecified atom stereocenters. The van der Waals surface area contributed by atoms with E-state index in [0.29, 0.717) is 27.8 Å². The first kappa shape index (κ1) is 16.1. The van der Waals surface area contributed by atoms with E-state index in [1.54, 1.807) is 30.5 Å². The molecule has 0 amide bonds.